The van der Waals surface area contributed by atoms with Crippen molar-refractivity contribution in [2.24, 2.45) is 5.10 Å². The third-order valence-electron chi connectivity index (χ3n) is 4.62. The van der Waals surface area contributed by atoms with Crippen LogP contribution in [0, 0.1) is 0 Å². The molecule has 5 nitrogen and oxygen atoms in total. The van der Waals surface area contributed by atoms with Crippen LogP contribution in [0.25, 0.3) is 0 Å². The molecule has 1 aliphatic heterocycles. The molecule has 136 valence electrons. The van der Waals surface area contributed by atoms with E-state index in [-0.39, 0.29) is 6.04 Å². The molecule has 2 heterocycles. The van der Waals surface area contributed by atoms with Gasteiger partial charge in [-0.2, -0.15) is 5.10 Å². The molecule has 1 unspecified atom stereocenters. The zero-order valence-electron chi connectivity index (χ0n) is 14.9. The van der Waals surface area contributed by atoms with E-state index in [1.165, 1.54) is 6.26 Å². The fourth-order valence-electron chi connectivity index (χ4n) is 3.24. The van der Waals surface area contributed by atoms with Crippen molar-refractivity contribution in [3.8, 4) is 0 Å². The van der Waals surface area contributed by atoms with E-state index >= 15 is 0 Å². The van der Waals surface area contributed by atoms with E-state index in [2.05, 4.69) is 17.1 Å². The van der Waals surface area contributed by atoms with E-state index in [1.54, 1.807) is 18.3 Å². The quantitative estimate of drug-likeness (QED) is 0.693. The van der Waals surface area contributed by atoms with Crippen LogP contribution in [0.5, 0.6) is 0 Å². The number of aromatic nitrogens is 1. The molecule has 0 fully saturated rings. The molecule has 3 aromatic rings. The van der Waals surface area contributed by atoms with Crippen LogP contribution in [-0.4, -0.2) is 25.4 Å². The predicted molar refractivity (Wildman–Crippen MR) is 107 cm³/mol. The summed E-state index contributed by atoms with van der Waals surface area (Å²) in [7, 11) is -3.23. The lowest BCUT2D eigenvalue weighted by atomic mass is 9.99. The first-order chi connectivity index (χ1) is 13.0. The Hall–Kier alpha value is -2.99. The summed E-state index contributed by atoms with van der Waals surface area (Å²) >= 11 is 0. The zero-order chi connectivity index (χ0) is 18.9. The van der Waals surface area contributed by atoms with Gasteiger partial charge in [0, 0.05) is 30.6 Å². The molecule has 0 saturated heterocycles. The maximum atomic E-state index is 11.7. The molecule has 0 amide bonds. The largest absolute Gasteiger partial charge is 0.264 e. The molecule has 1 aliphatic rings. The Morgan fingerprint density at radius 1 is 0.963 bits per heavy atom. The molecule has 1 aromatic heterocycles. The fourth-order valence-corrected chi connectivity index (χ4v) is 3.87. The van der Waals surface area contributed by atoms with Gasteiger partial charge < -0.3 is 0 Å². The minimum atomic E-state index is -3.23. The average Bonchev–Trinajstić information content (AvgIpc) is 3.14. The van der Waals surface area contributed by atoms with E-state index in [0.29, 0.717) is 4.90 Å². The lowest BCUT2D eigenvalue weighted by Crippen LogP contribution is -2.18. The number of benzene rings is 2. The molecule has 0 aliphatic carbocycles. The van der Waals surface area contributed by atoms with Crippen LogP contribution in [0.4, 0.5) is 5.69 Å². The molecule has 0 N–H and O–H groups in total. The molecule has 0 radical (unpaired) electrons. The average molecular weight is 377 g/mol. The molecule has 1 atom stereocenters. The van der Waals surface area contributed by atoms with Crippen molar-refractivity contribution in [1.29, 1.82) is 0 Å². The highest BCUT2D eigenvalue weighted by atomic mass is 32.2. The Balaban J connectivity index is 1.74. The lowest BCUT2D eigenvalue weighted by molar-refractivity contribution is 0.602. The van der Waals surface area contributed by atoms with Gasteiger partial charge in [0.15, 0.2) is 9.84 Å². The maximum absolute atomic E-state index is 11.7. The smallest absolute Gasteiger partial charge is 0.175 e. The van der Waals surface area contributed by atoms with Crippen molar-refractivity contribution in [2.45, 2.75) is 17.4 Å². The number of pyridine rings is 1. The SMILES string of the molecule is CS(=O)(=O)c1ccc(N2N=C(c3cccnc3)CC2c2ccccc2)cc1. The van der Waals surface area contributed by atoms with E-state index in [9.17, 15) is 8.42 Å². The van der Waals surface area contributed by atoms with Crippen LogP contribution in [-0.2, 0) is 9.84 Å². The highest BCUT2D eigenvalue weighted by Crippen LogP contribution is 2.36. The van der Waals surface area contributed by atoms with Crippen molar-refractivity contribution in [2.75, 3.05) is 11.3 Å². The van der Waals surface area contributed by atoms with Crippen molar-refractivity contribution >= 4 is 21.2 Å². The Labute approximate surface area is 158 Å². The second-order valence-corrected chi connectivity index (χ2v) is 8.55. The van der Waals surface area contributed by atoms with Gasteiger partial charge in [-0.05, 0) is 35.9 Å². The fraction of sp³-hybridized carbons (Fsp3) is 0.143. The molecule has 0 bridgehead atoms. The van der Waals surface area contributed by atoms with Crippen LogP contribution < -0.4 is 5.01 Å². The summed E-state index contributed by atoms with van der Waals surface area (Å²) in [5.74, 6) is 0. The summed E-state index contributed by atoms with van der Waals surface area (Å²) in [5.41, 5.74) is 3.97. The van der Waals surface area contributed by atoms with Gasteiger partial charge in [-0.25, -0.2) is 8.42 Å². The Bertz CT molecular complexity index is 1060. The second-order valence-electron chi connectivity index (χ2n) is 6.53. The van der Waals surface area contributed by atoms with Gasteiger partial charge in [0.1, 0.15) is 0 Å². The number of nitrogens with zero attached hydrogens (tertiary/aromatic N) is 3. The van der Waals surface area contributed by atoms with Gasteiger partial charge in [-0.3, -0.25) is 9.99 Å². The first-order valence-electron chi connectivity index (χ1n) is 8.64. The third-order valence-corrected chi connectivity index (χ3v) is 5.75. The zero-order valence-corrected chi connectivity index (χ0v) is 15.7. The van der Waals surface area contributed by atoms with Gasteiger partial charge in [0.05, 0.1) is 22.3 Å². The summed E-state index contributed by atoms with van der Waals surface area (Å²) < 4.78 is 23.5. The van der Waals surface area contributed by atoms with E-state index in [4.69, 9.17) is 5.10 Å². The molecule has 0 spiro atoms. The van der Waals surface area contributed by atoms with Crippen LogP contribution >= 0.6 is 0 Å². The van der Waals surface area contributed by atoms with Crippen molar-refractivity contribution in [3.05, 3.63) is 90.3 Å². The van der Waals surface area contributed by atoms with Crippen LogP contribution in [0.1, 0.15) is 23.6 Å². The normalized spacial score (nSPS) is 17.0. The highest BCUT2D eigenvalue weighted by molar-refractivity contribution is 7.90. The van der Waals surface area contributed by atoms with Gasteiger partial charge in [0.2, 0.25) is 0 Å². The van der Waals surface area contributed by atoms with E-state index < -0.39 is 9.84 Å². The summed E-state index contributed by atoms with van der Waals surface area (Å²) in [6, 6.07) is 21.0. The first-order valence-corrected chi connectivity index (χ1v) is 10.5. The number of hydrogen-bond acceptors (Lipinski definition) is 5. The Morgan fingerprint density at radius 3 is 2.33 bits per heavy atom. The van der Waals surface area contributed by atoms with Crippen LogP contribution in [0.3, 0.4) is 0 Å². The van der Waals surface area contributed by atoms with E-state index in [0.717, 1.165) is 28.9 Å². The van der Waals surface area contributed by atoms with Crippen LogP contribution in [0.15, 0.2) is 89.1 Å². The number of anilines is 1. The highest BCUT2D eigenvalue weighted by Gasteiger charge is 2.30. The van der Waals surface area contributed by atoms with Crippen LogP contribution in [0.2, 0.25) is 0 Å². The molecule has 6 heteroatoms. The standard InChI is InChI=1S/C21H19N3O2S/c1-27(25,26)19-11-9-18(10-12-19)24-21(16-6-3-2-4-7-16)14-20(23-24)17-8-5-13-22-15-17/h2-13,15,21H,14H2,1H3. The molecular formula is C21H19N3O2S. The molecule has 0 saturated carbocycles. The van der Waals surface area contributed by atoms with Crippen molar-refractivity contribution in [3.63, 3.8) is 0 Å². The molecule has 4 rings (SSSR count). The lowest BCUT2D eigenvalue weighted by Gasteiger charge is -2.24. The number of hydrogen-bond donors (Lipinski definition) is 0. The van der Waals surface area contributed by atoms with E-state index in [1.807, 2.05) is 53.7 Å². The second kappa shape index (κ2) is 6.96. The van der Waals surface area contributed by atoms with Gasteiger partial charge in [0.25, 0.3) is 0 Å². The number of hydrazone groups is 1. The maximum Gasteiger partial charge on any atom is 0.175 e. The van der Waals surface area contributed by atoms with Gasteiger partial charge >= 0.3 is 0 Å². The molecule has 2 aromatic carbocycles. The molecular weight excluding hydrogens is 358 g/mol. The minimum absolute atomic E-state index is 0.0467. The van der Waals surface area contributed by atoms with Crippen molar-refractivity contribution < 1.29 is 8.42 Å². The monoisotopic (exact) mass is 377 g/mol. The van der Waals surface area contributed by atoms with Crippen molar-refractivity contribution in [1.82, 2.24) is 4.98 Å². The molecule has 27 heavy (non-hydrogen) atoms. The third kappa shape index (κ3) is 3.61. The summed E-state index contributed by atoms with van der Waals surface area (Å²) in [4.78, 5) is 4.50. The summed E-state index contributed by atoms with van der Waals surface area (Å²) in [6.45, 7) is 0. The Morgan fingerprint density at radius 2 is 1.70 bits per heavy atom. The predicted octanol–water partition coefficient (Wildman–Crippen LogP) is 3.84. The number of rotatable bonds is 4. The van der Waals surface area contributed by atoms with Gasteiger partial charge in [-0.1, -0.05) is 36.4 Å². The number of sulfone groups is 1. The topological polar surface area (TPSA) is 62.6 Å². The Kier molecular flexibility index (Phi) is 4.49. The summed E-state index contributed by atoms with van der Waals surface area (Å²) in [5, 5.41) is 6.80. The summed E-state index contributed by atoms with van der Waals surface area (Å²) in [6.07, 6.45) is 5.53. The first kappa shape index (κ1) is 17.4. The minimum Gasteiger partial charge on any atom is -0.264 e. The van der Waals surface area contributed by atoms with Gasteiger partial charge in [-0.15, -0.1) is 0 Å².